The maximum absolute atomic E-state index is 8.58. The minimum atomic E-state index is -0.0127. The van der Waals surface area contributed by atoms with Crippen LogP contribution in [0.1, 0.15) is 58.1 Å². The van der Waals surface area contributed by atoms with E-state index in [1.807, 2.05) is 39.0 Å². The zero-order chi connectivity index (χ0) is 25.2. The van der Waals surface area contributed by atoms with Crippen LogP contribution in [-0.4, -0.2) is 59.3 Å². The Bertz CT molecular complexity index is 1050. The van der Waals surface area contributed by atoms with E-state index in [1.165, 1.54) is 45.2 Å². The molecule has 0 spiro atoms. The summed E-state index contributed by atoms with van der Waals surface area (Å²) in [6.07, 6.45) is 6.63. The number of β-amino-alcohol motifs (C(OH)–C–C–N with tert-alkyl or cyclic N) is 1. The normalized spacial score (nSPS) is 16.5. The van der Waals surface area contributed by atoms with E-state index in [-0.39, 0.29) is 6.04 Å². The van der Waals surface area contributed by atoms with Gasteiger partial charge in [-0.15, -0.1) is 0 Å². The predicted octanol–water partition coefficient (Wildman–Crippen LogP) is 6.40. The molecule has 2 N–H and O–H groups in total. The van der Waals surface area contributed by atoms with Crippen molar-refractivity contribution < 1.29 is 9.52 Å². The fourth-order valence-corrected chi connectivity index (χ4v) is 4.72. The first-order valence-electron chi connectivity index (χ1n) is 12.6. The number of fused-ring (bicyclic) bond motifs is 1. The minimum absolute atomic E-state index is 0.0127. The molecule has 0 bridgehead atoms. The minimum Gasteiger partial charge on any atom is -0.425 e. The lowest BCUT2D eigenvalue weighted by atomic mass is 10.1. The first kappa shape index (κ1) is 27.5. The van der Waals surface area contributed by atoms with Crippen LogP contribution in [0, 0.1) is 0 Å². The number of benzene rings is 1. The molecule has 0 saturated carbocycles. The largest absolute Gasteiger partial charge is 0.425 e. The topological polar surface area (TPSA) is 77.7 Å². The van der Waals surface area contributed by atoms with E-state index in [4.69, 9.17) is 32.7 Å². The molecule has 0 amide bonds. The molecule has 1 atom stereocenters. The highest BCUT2D eigenvalue weighted by molar-refractivity contribution is 6.35. The molecular weight excluding hydrogens is 485 g/mol. The Balaban J connectivity index is 0.000000262. The van der Waals surface area contributed by atoms with E-state index in [0.717, 1.165) is 42.2 Å². The van der Waals surface area contributed by atoms with Gasteiger partial charge in [0.15, 0.2) is 11.9 Å². The summed E-state index contributed by atoms with van der Waals surface area (Å²) < 4.78 is 5.41. The number of nitrogens with one attached hydrogen (secondary N) is 1. The third kappa shape index (κ3) is 7.46. The van der Waals surface area contributed by atoms with Gasteiger partial charge in [-0.3, -0.25) is 0 Å². The van der Waals surface area contributed by atoms with Crippen molar-refractivity contribution in [1.29, 1.82) is 0 Å². The Labute approximate surface area is 218 Å². The van der Waals surface area contributed by atoms with Gasteiger partial charge in [0.25, 0.3) is 5.71 Å². The van der Waals surface area contributed by atoms with Crippen LogP contribution < -0.4 is 10.2 Å². The van der Waals surface area contributed by atoms with E-state index in [0.29, 0.717) is 22.4 Å². The predicted molar refractivity (Wildman–Crippen MR) is 146 cm³/mol. The summed E-state index contributed by atoms with van der Waals surface area (Å²) in [5.74, 6) is 0.905. The second-order valence-corrected chi connectivity index (χ2v) is 9.38. The fourth-order valence-electron chi connectivity index (χ4n) is 4.14. The molecule has 35 heavy (non-hydrogen) atoms. The Morgan fingerprint density at radius 3 is 2.43 bits per heavy atom. The molecule has 7 nitrogen and oxygen atoms in total. The van der Waals surface area contributed by atoms with Gasteiger partial charge in [-0.25, -0.2) is 4.98 Å². The van der Waals surface area contributed by atoms with Crippen LogP contribution in [-0.2, 0) is 0 Å². The lowest BCUT2D eigenvalue weighted by Crippen LogP contribution is -2.37. The Morgan fingerprint density at radius 2 is 1.80 bits per heavy atom. The molecule has 0 aliphatic carbocycles. The third-order valence-corrected chi connectivity index (χ3v) is 6.70. The average molecular weight is 523 g/mol. The van der Waals surface area contributed by atoms with Gasteiger partial charge < -0.3 is 24.6 Å². The Kier molecular flexibility index (Phi) is 10.9. The van der Waals surface area contributed by atoms with Crippen LogP contribution in [0.3, 0.4) is 0 Å². The highest BCUT2D eigenvalue weighted by Gasteiger charge is 2.20. The van der Waals surface area contributed by atoms with Gasteiger partial charge >= 0.3 is 0 Å². The average Bonchev–Trinajstić information content (AvgIpc) is 3.30. The van der Waals surface area contributed by atoms with Crippen molar-refractivity contribution in [3.63, 3.8) is 0 Å². The van der Waals surface area contributed by atoms with Crippen molar-refractivity contribution in [1.82, 2.24) is 14.9 Å². The van der Waals surface area contributed by atoms with E-state index in [2.05, 4.69) is 25.1 Å². The molecule has 3 aromatic rings. The summed E-state index contributed by atoms with van der Waals surface area (Å²) in [7, 11) is 0. The number of oxazole rings is 1. The van der Waals surface area contributed by atoms with Gasteiger partial charge in [-0.05, 0) is 57.0 Å². The number of aromatic nitrogens is 2. The van der Waals surface area contributed by atoms with Crippen LogP contribution in [0.5, 0.6) is 0 Å². The fraction of sp³-hybridized carbons (Fsp3) is 0.538. The van der Waals surface area contributed by atoms with Gasteiger partial charge in [-0.2, -0.15) is 4.98 Å². The lowest BCUT2D eigenvalue weighted by molar-refractivity contribution is 0.173. The summed E-state index contributed by atoms with van der Waals surface area (Å²) >= 11 is 12.3. The zero-order valence-corrected chi connectivity index (χ0v) is 22.4. The number of pyridine rings is 1. The first-order chi connectivity index (χ1) is 17.0. The van der Waals surface area contributed by atoms with Crippen LogP contribution in [0.15, 0.2) is 35.1 Å². The van der Waals surface area contributed by atoms with E-state index < -0.39 is 0 Å². The number of likely N-dealkylation sites (tertiary alicyclic amines) is 1. The highest BCUT2D eigenvalue weighted by atomic mass is 35.5. The molecule has 2 aliphatic heterocycles. The molecule has 5 rings (SSSR count). The zero-order valence-electron chi connectivity index (χ0n) is 20.9. The summed E-state index contributed by atoms with van der Waals surface area (Å²) in [4.78, 5) is 13.4. The third-order valence-electron chi connectivity index (χ3n) is 6.14. The molecule has 2 aliphatic rings. The number of nitrogens with zero attached hydrogens (tertiary/aromatic N) is 4. The van der Waals surface area contributed by atoms with Crippen molar-refractivity contribution in [3.05, 3.63) is 46.3 Å². The number of aliphatic hydroxyl groups excluding tert-OH is 1. The second kappa shape index (κ2) is 13.9. The van der Waals surface area contributed by atoms with Crippen molar-refractivity contribution in [3.8, 4) is 0 Å². The van der Waals surface area contributed by atoms with E-state index >= 15 is 0 Å². The number of halogens is 2. The quantitative estimate of drug-likeness (QED) is 0.388. The van der Waals surface area contributed by atoms with Gasteiger partial charge in [0.1, 0.15) is 5.82 Å². The number of hydrogen-bond donors (Lipinski definition) is 2. The van der Waals surface area contributed by atoms with Gasteiger partial charge in [0.2, 0.25) is 0 Å². The number of piperidine rings is 1. The van der Waals surface area contributed by atoms with Gasteiger partial charge in [0, 0.05) is 35.7 Å². The van der Waals surface area contributed by atoms with Crippen molar-refractivity contribution in [2.75, 3.05) is 49.5 Å². The van der Waals surface area contributed by atoms with Crippen molar-refractivity contribution >= 4 is 45.9 Å². The smallest absolute Gasteiger partial charge is 0.250 e. The summed E-state index contributed by atoms with van der Waals surface area (Å²) in [6.45, 7) is 11.7. The van der Waals surface area contributed by atoms with Crippen LogP contribution in [0.4, 0.5) is 11.5 Å². The number of hydrogen-bond acceptors (Lipinski definition) is 7. The summed E-state index contributed by atoms with van der Waals surface area (Å²) in [6, 6.07) is 7.52. The molecule has 2 aromatic heterocycles. The van der Waals surface area contributed by atoms with Gasteiger partial charge in [0.05, 0.1) is 18.3 Å². The molecule has 0 radical (unpaired) electrons. The van der Waals surface area contributed by atoms with E-state index in [1.54, 1.807) is 6.07 Å². The number of anilines is 2. The highest BCUT2D eigenvalue weighted by Crippen LogP contribution is 2.33. The van der Waals surface area contributed by atoms with Gasteiger partial charge in [-0.1, -0.05) is 49.5 Å². The maximum Gasteiger partial charge on any atom is 0.250 e. The molecular formula is C26H37Cl2N5O2. The molecule has 1 aromatic carbocycles. The monoisotopic (exact) mass is 521 g/mol. The Morgan fingerprint density at radius 1 is 1.06 bits per heavy atom. The molecule has 1 unspecified atom stereocenters. The molecule has 9 heteroatoms. The maximum atomic E-state index is 8.58. The van der Waals surface area contributed by atoms with Crippen molar-refractivity contribution in [2.24, 2.45) is 0 Å². The molecule has 2 saturated heterocycles. The molecule has 4 heterocycles. The Hall–Kier alpha value is -2.06. The van der Waals surface area contributed by atoms with Crippen LogP contribution >= 0.6 is 23.2 Å². The second-order valence-electron chi connectivity index (χ2n) is 8.53. The number of rotatable bonds is 6. The summed E-state index contributed by atoms with van der Waals surface area (Å²) in [5.41, 5.74) is 3.11. The summed E-state index contributed by atoms with van der Waals surface area (Å²) in [5, 5.41) is 13.3. The van der Waals surface area contributed by atoms with Crippen LogP contribution in [0.2, 0.25) is 10.0 Å². The van der Waals surface area contributed by atoms with Crippen molar-refractivity contribution in [2.45, 2.75) is 52.5 Å². The first-order valence-corrected chi connectivity index (χ1v) is 13.3. The van der Waals surface area contributed by atoms with E-state index in [9.17, 15) is 0 Å². The van der Waals surface area contributed by atoms with Crippen LogP contribution in [0.25, 0.3) is 11.2 Å². The standard InChI is InChI=1S/C17H16Cl2N4O.C7H15NO.C2H6/c1-10(12-4-3-11(18)7-13(12)19)21-14-8-15(23-5-2-6-23)22-17-16(14)20-9-24-17;9-7-6-8-4-2-1-3-5-8;1-2/h3-4,7-10H,2,5-6H2,1H3,(H,21,22);9H,1-7H2;1-2H3. The molecule has 192 valence electrons. The lowest BCUT2D eigenvalue weighted by Gasteiger charge is -2.32. The SMILES string of the molecule is CC.CC(Nc1cc(N2CCC2)nc2ocnc12)c1ccc(Cl)cc1Cl.OCCN1CCCCC1. The number of aliphatic hydroxyl groups is 1. The molecule has 2 fully saturated rings.